The molecule has 6 rings (SSSR count). The van der Waals surface area contributed by atoms with E-state index in [2.05, 4.69) is 11.8 Å². The van der Waals surface area contributed by atoms with Gasteiger partial charge in [0, 0.05) is 36.1 Å². The molecule has 2 aliphatic rings. The fourth-order valence-corrected chi connectivity index (χ4v) is 5.71. The first-order valence-electron chi connectivity index (χ1n) is 13.7. The molecule has 42 heavy (non-hydrogen) atoms. The number of rotatable bonds is 6. The molecule has 2 aliphatic heterocycles. The van der Waals surface area contributed by atoms with Crippen LogP contribution >= 0.6 is 23.6 Å². The third-order valence-electron chi connectivity index (χ3n) is 7.26. The lowest BCUT2D eigenvalue weighted by Gasteiger charge is -2.36. The summed E-state index contributed by atoms with van der Waals surface area (Å²) in [5.74, 6) is 3.48. The third kappa shape index (κ3) is 6.20. The highest BCUT2D eigenvalue weighted by atomic mass is 35.5. The minimum Gasteiger partial charge on any atom is -0.493 e. The van der Waals surface area contributed by atoms with E-state index in [9.17, 15) is 4.79 Å². The first-order chi connectivity index (χ1) is 20.5. The number of fused-ring (bicyclic) bond motifs is 2. The van der Waals surface area contributed by atoms with Gasteiger partial charge in [-0.2, -0.15) is 0 Å². The van der Waals surface area contributed by atoms with Crippen LogP contribution in [0.3, 0.4) is 0 Å². The lowest BCUT2D eigenvalue weighted by atomic mass is 10.1. The molecule has 214 valence electrons. The summed E-state index contributed by atoms with van der Waals surface area (Å²) in [6.07, 6.45) is 0.280. The van der Waals surface area contributed by atoms with E-state index in [0.717, 1.165) is 27.5 Å². The van der Waals surface area contributed by atoms with Crippen molar-refractivity contribution in [3.05, 3.63) is 107 Å². The van der Waals surface area contributed by atoms with Gasteiger partial charge in [0.25, 0.3) is 0 Å². The van der Waals surface area contributed by atoms with E-state index < -0.39 is 0 Å². The number of ether oxygens (including phenoxy) is 2. The number of amides is 1. The van der Waals surface area contributed by atoms with Crippen molar-refractivity contribution >= 4 is 41.1 Å². The summed E-state index contributed by atoms with van der Waals surface area (Å²) in [5.41, 5.74) is 3.67. The second-order valence-corrected chi connectivity index (χ2v) is 11.4. The van der Waals surface area contributed by atoms with E-state index in [1.807, 2.05) is 89.8 Å². The van der Waals surface area contributed by atoms with Crippen LogP contribution in [0, 0.1) is 6.92 Å². The zero-order chi connectivity index (χ0) is 29.1. The average Bonchev–Trinajstić information content (AvgIpc) is 3.18. The molecule has 0 spiro atoms. The summed E-state index contributed by atoms with van der Waals surface area (Å²) in [6, 6.07) is 27.1. The van der Waals surface area contributed by atoms with E-state index in [1.54, 1.807) is 7.11 Å². The molecular weight excluding hydrogens is 570 g/mol. The molecule has 7 nitrogen and oxygen atoms in total. The molecule has 0 radical (unpaired) electrons. The molecule has 1 saturated heterocycles. The van der Waals surface area contributed by atoms with E-state index in [0.29, 0.717) is 54.2 Å². The van der Waals surface area contributed by atoms with Crippen molar-refractivity contribution in [2.75, 3.05) is 33.3 Å². The highest BCUT2D eigenvalue weighted by Gasteiger charge is 2.28. The monoisotopic (exact) mass is 599 g/mol. The fourth-order valence-electron chi connectivity index (χ4n) is 4.97. The Labute approximate surface area is 254 Å². The smallest absolute Gasteiger partial charge is 0.227 e. The maximum Gasteiger partial charge on any atom is 0.227 e. The summed E-state index contributed by atoms with van der Waals surface area (Å²) in [6.45, 7) is 4.51. The van der Waals surface area contributed by atoms with Gasteiger partial charge in [-0.1, -0.05) is 47.5 Å². The standard InChI is InChI=1S/C33H30ClN3O4S/c1-22-7-11-25(12-8-22)42-41-30-13-9-23(19-31(30)39-2)20-32(38)36-15-17-37(18-16-36)33-26-21-24(34)10-14-28(26)40-29-6-4-3-5-27(29)35-33/h3-14,19,21H,15-18,20H2,1-2H3. The zero-order valence-electron chi connectivity index (χ0n) is 23.4. The Morgan fingerprint density at radius 2 is 1.71 bits per heavy atom. The molecular formula is C33H30ClN3O4S. The van der Waals surface area contributed by atoms with E-state index >= 15 is 0 Å². The van der Waals surface area contributed by atoms with Gasteiger partial charge in [-0.3, -0.25) is 4.79 Å². The van der Waals surface area contributed by atoms with Gasteiger partial charge < -0.3 is 23.5 Å². The van der Waals surface area contributed by atoms with Gasteiger partial charge in [0.05, 0.1) is 31.1 Å². The van der Waals surface area contributed by atoms with Crippen molar-refractivity contribution in [1.29, 1.82) is 0 Å². The first kappa shape index (κ1) is 28.0. The number of benzene rings is 4. The average molecular weight is 600 g/mol. The maximum absolute atomic E-state index is 13.3. The maximum atomic E-state index is 13.3. The Kier molecular flexibility index (Phi) is 8.26. The molecule has 2 heterocycles. The van der Waals surface area contributed by atoms with Crippen LogP contribution < -0.4 is 13.7 Å². The van der Waals surface area contributed by atoms with Gasteiger partial charge in [-0.15, -0.1) is 0 Å². The largest absolute Gasteiger partial charge is 0.493 e. The Bertz CT molecular complexity index is 1640. The number of amidine groups is 1. The zero-order valence-corrected chi connectivity index (χ0v) is 25.0. The van der Waals surface area contributed by atoms with Gasteiger partial charge in [-0.05, 0) is 67.1 Å². The number of carbonyl (C=O) groups excluding carboxylic acids is 1. The van der Waals surface area contributed by atoms with Crippen LogP contribution in [0.25, 0.3) is 0 Å². The number of aliphatic imine (C=N–C) groups is 1. The Hall–Kier alpha value is -4.14. The van der Waals surface area contributed by atoms with Crippen molar-refractivity contribution in [3.8, 4) is 23.0 Å². The fraction of sp³-hybridized carbons (Fsp3) is 0.212. The van der Waals surface area contributed by atoms with Crippen molar-refractivity contribution in [3.63, 3.8) is 0 Å². The van der Waals surface area contributed by atoms with Crippen LogP contribution in [-0.2, 0) is 11.2 Å². The van der Waals surface area contributed by atoms with Crippen molar-refractivity contribution in [2.24, 2.45) is 4.99 Å². The second kappa shape index (κ2) is 12.4. The lowest BCUT2D eigenvalue weighted by Crippen LogP contribution is -2.51. The number of halogens is 1. The number of piperazine rings is 1. The molecule has 4 aromatic rings. The topological polar surface area (TPSA) is 63.6 Å². The molecule has 4 aromatic carbocycles. The van der Waals surface area contributed by atoms with Gasteiger partial charge in [0.15, 0.2) is 17.2 Å². The molecule has 0 atom stereocenters. The minimum atomic E-state index is 0.0688. The Morgan fingerprint density at radius 1 is 0.929 bits per heavy atom. The van der Waals surface area contributed by atoms with Crippen LogP contribution in [0.5, 0.6) is 23.0 Å². The van der Waals surface area contributed by atoms with Crippen LogP contribution in [0.2, 0.25) is 5.02 Å². The predicted octanol–water partition coefficient (Wildman–Crippen LogP) is 7.31. The molecule has 0 aliphatic carbocycles. The predicted molar refractivity (Wildman–Crippen MR) is 167 cm³/mol. The quantitative estimate of drug-likeness (QED) is 0.217. The molecule has 0 aromatic heterocycles. The van der Waals surface area contributed by atoms with Crippen molar-refractivity contribution in [2.45, 2.75) is 18.2 Å². The summed E-state index contributed by atoms with van der Waals surface area (Å²) < 4.78 is 17.7. The van der Waals surface area contributed by atoms with Crippen LogP contribution in [0.15, 0.2) is 94.8 Å². The van der Waals surface area contributed by atoms with E-state index in [1.165, 1.54) is 17.6 Å². The van der Waals surface area contributed by atoms with Crippen molar-refractivity contribution in [1.82, 2.24) is 9.80 Å². The molecule has 1 amide bonds. The molecule has 0 N–H and O–H groups in total. The van der Waals surface area contributed by atoms with E-state index in [-0.39, 0.29) is 12.3 Å². The van der Waals surface area contributed by atoms with Crippen LogP contribution in [0.4, 0.5) is 5.69 Å². The van der Waals surface area contributed by atoms with Crippen LogP contribution in [0.1, 0.15) is 16.7 Å². The molecule has 1 fully saturated rings. The summed E-state index contributed by atoms with van der Waals surface area (Å²) in [5, 5.41) is 0.616. The third-order valence-corrected chi connectivity index (χ3v) is 8.22. The number of hydrogen-bond donors (Lipinski definition) is 0. The van der Waals surface area contributed by atoms with Gasteiger partial charge in [0.1, 0.15) is 17.3 Å². The minimum absolute atomic E-state index is 0.0688. The second-order valence-electron chi connectivity index (χ2n) is 10.2. The number of carbonyl (C=O) groups is 1. The Morgan fingerprint density at radius 3 is 2.50 bits per heavy atom. The molecule has 0 saturated carbocycles. The number of aryl methyl sites for hydroxylation is 1. The van der Waals surface area contributed by atoms with Gasteiger partial charge in [0.2, 0.25) is 5.91 Å². The normalized spacial score (nSPS) is 14.2. The molecule has 0 bridgehead atoms. The molecule has 0 unspecified atom stereocenters. The number of para-hydroxylation sites is 2. The van der Waals surface area contributed by atoms with Crippen molar-refractivity contribution < 1.29 is 18.5 Å². The number of nitrogens with zero attached hydrogens (tertiary/aromatic N) is 3. The van der Waals surface area contributed by atoms with Crippen LogP contribution in [-0.4, -0.2) is 54.8 Å². The Balaban J connectivity index is 1.11. The lowest BCUT2D eigenvalue weighted by molar-refractivity contribution is -0.131. The number of methoxy groups -OCH3 is 1. The van der Waals surface area contributed by atoms with Gasteiger partial charge >= 0.3 is 0 Å². The number of hydrogen-bond acceptors (Lipinski definition) is 7. The SMILES string of the molecule is COc1cc(CC(=O)N2CCN(C3=Nc4ccccc4Oc4ccc(Cl)cc43)CC2)ccc1OSc1ccc(C)cc1. The highest BCUT2D eigenvalue weighted by Crippen LogP contribution is 2.39. The summed E-state index contributed by atoms with van der Waals surface area (Å²) >= 11 is 7.64. The summed E-state index contributed by atoms with van der Waals surface area (Å²) in [7, 11) is 1.61. The highest BCUT2D eigenvalue weighted by molar-refractivity contribution is 7.95. The van der Waals surface area contributed by atoms with E-state index in [4.69, 9.17) is 30.3 Å². The molecule has 9 heteroatoms. The van der Waals surface area contributed by atoms with Gasteiger partial charge in [-0.25, -0.2) is 4.99 Å². The summed E-state index contributed by atoms with van der Waals surface area (Å²) in [4.78, 5) is 23.4. The first-order valence-corrected chi connectivity index (χ1v) is 14.8.